The molecule has 1 aromatic carbocycles. The highest BCUT2D eigenvalue weighted by Crippen LogP contribution is 2.29. The Morgan fingerprint density at radius 3 is 2.25 bits per heavy atom. The molecule has 0 N–H and O–H groups in total. The number of hydrogen-bond donors (Lipinski definition) is 0. The van der Waals surface area contributed by atoms with Gasteiger partial charge >= 0.3 is 0 Å². The van der Waals surface area contributed by atoms with E-state index in [1.807, 2.05) is 19.9 Å². The van der Waals surface area contributed by atoms with Crippen LogP contribution in [0.2, 0.25) is 19.6 Å². The van der Waals surface area contributed by atoms with Crippen molar-refractivity contribution in [1.29, 1.82) is 0 Å². The first-order valence-electron chi connectivity index (χ1n) is 8.31. The number of benzene rings is 1. The molecule has 6 heteroatoms. The molecule has 1 atom stereocenters. The minimum absolute atomic E-state index is 0.0256. The minimum Gasteiger partial charge on any atom is -0.410 e. The molecule has 0 aliphatic carbocycles. The molecule has 0 heterocycles. The topological polar surface area (TPSA) is 52.6 Å². The van der Waals surface area contributed by atoms with Crippen LogP contribution in [0.1, 0.15) is 31.7 Å². The summed E-state index contributed by atoms with van der Waals surface area (Å²) in [4.78, 5) is 0.176. The summed E-state index contributed by atoms with van der Waals surface area (Å²) < 4.78 is 36.6. The molecule has 0 saturated carbocycles. The molecule has 1 aromatic rings. The lowest BCUT2D eigenvalue weighted by Gasteiger charge is -2.38. The Morgan fingerprint density at radius 1 is 1.21 bits per heavy atom. The highest BCUT2D eigenvalue weighted by molar-refractivity contribution is 7.86. The highest BCUT2D eigenvalue weighted by atomic mass is 32.2. The van der Waals surface area contributed by atoms with Gasteiger partial charge in [0.15, 0.2) is 8.32 Å². The van der Waals surface area contributed by atoms with Gasteiger partial charge in [0.05, 0.1) is 17.1 Å². The van der Waals surface area contributed by atoms with E-state index in [-0.39, 0.29) is 11.5 Å². The molecule has 0 aliphatic heterocycles. The summed E-state index contributed by atoms with van der Waals surface area (Å²) in [6.07, 6.45) is 3.97. The molecular formula is C18H30O4SSi. The second-order valence-corrected chi connectivity index (χ2v) is 13.2. The second kappa shape index (κ2) is 8.42. The molecule has 0 aliphatic rings. The highest BCUT2D eigenvalue weighted by Gasteiger charge is 2.36. The molecule has 0 amide bonds. The van der Waals surface area contributed by atoms with Crippen molar-refractivity contribution in [2.75, 3.05) is 6.61 Å². The van der Waals surface area contributed by atoms with Crippen LogP contribution in [0.15, 0.2) is 41.8 Å². The number of allylic oxidation sites excluding steroid dienone is 1. The summed E-state index contributed by atoms with van der Waals surface area (Å²) in [7, 11) is -5.65. The van der Waals surface area contributed by atoms with Crippen molar-refractivity contribution >= 4 is 18.4 Å². The third-order valence-corrected chi connectivity index (χ3v) is 6.08. The fraction of sp³-hybridized carbons (Fsp3) is 0.556. The van der Waals surface area contributed by atoms with E-state index in [0.717, 1.165) is 12.0 Å². The Hall–Kier alpha value is -0.953. The van der Waals surface area contributed by atoms with Gasteiger partial charge in [0, 0.05) is 0 Å². The van der Waals surface area contributed by atoms with Crippen LogP contribution in [0.5, 0.6) is 0 Å². The van der Waals surface area contributed by atoms with Crippen LogP contribution in [0.4, 0.5) is 0 Å². The van der Waals surface area contributed by atoms with Crippen molar-refractivity contribution in [3.8, 4) is 0 Å². The Labute approximate surface area is 148 Å². The summed E-state index contributed by atoms with van der Waals surface area (Å²) in [5.41, 5.74) is 0.404. The van der Waals surface area contributed by atoms with Crippen LogP contribution in [0, 0.1) is 6.92 Å². The predicted octanol–water partition coefficient (Wildman–Crippen LogP) is 4.67. The Morgan fingerprint density at radius 2 is 1.79 bits per heavy atom. The Balaban J connectivity index is 2.97. The predicted molar refractivity (Wildman–Crippen MR) is 101 cm³/mol. The molecule has 0 saturated heterocycles. The maximum atomic E-state index is 12.5. The molecule has 0 fully saturated rings. The van der Waals surface area contributed by atoms with Crippen molar-refractivity contribution < 1.29 is 17.0 Å². The third kappa shape index (κ3) is 6.51. The van der Waals surface area contributed by atoms with E-state index in [1.54, 1.807) is 24.3 Å². The zero-order valence-electron chi connectivity index (χ0n) is 15.5. The van der Waals surface area contributed by atoms with E-state index in [4.69, 9.17) is 8.61 Å². The van der Waals surface area contributed by atoms with Gasteiger partial charge in [-0.3, -0.25) is 4.18 Å². The molecule has 0 spiro atoms. The first kappa shape index (κ1) is 21.1. The van der Waals surface area contributed by atoms with Crippen molar-refractivity contribution in [3.05, 3.63) is 42.5 Å². The standard InChI is InChI=1S/C18H30O4SSi/c1-7-9-14-18(8-2,22-24(4,5)6)15-21-23(19,20)17-12-10-16(3)11-13-17/h7,10-13H,1,8-9,14-15H2,2-6H3/t18-/m0/s1. The van der Waals surface area contributed by atoms with E-state index < -0.39 is 24.0 Å². The van der Waals surface area contributed by atoms with Crippen molar-refractivity contribution in [2.24, 2.45) is 0 Å². The summed E-state index contributed by atoms with van der Waals surface area (Å²) in [6, 6.07) is 6.67. The normalized spacial score (nSPS) is 15.0. The van der Waals surface area contributed by atoms with E-state index in [2.05, 4.69) is 26.2 Å². The molecule has 24 heavy (non-hydrogen) atoms. The quantitative estimate of drug-likeness (QED) is 0.341. The summed E-state index contributed by atoms with van der Waals surface area (Å²) in [5, 5.41) is 0. The van der Waals surface area contributed by atoms with E-state index in [0.29, 0.717) is 12.8 Å². The molecule has 0 bridgehead atoms. The van der Waals surface area contributed by atoms with Gasteiger partial charge < -0.3 is 4.43 Å². The van der Waals surface area contributed by atoms with Crippen LogP contribution in [0.25, 0.3) is 0 Å². The lowest BCUT2D eigenvalue weighted by Crippen LogP contribution is -2.46. The average molecular weight is 371 g/mol. The van der Waals surface area contributed by atoms with Crippen LogP contribution < -0.4 is 0 Å². The van der Waals surface area contributed by atoms with E-state index in [1.165, 1.54) is 0 Å². The maximum Gasteiger partial charge on any atom is 0.297 e. The second-order valence-electron chi connectivity index (χ2n) is 7.11. The van der Waals surface area contributed by atoms with Crippen LogP contribution in [0.3, 0.4) is 0 Å². The number of rotatable bonds is 10. The zero-order chi connectivity index (χ0) is 18.4. The monoisotopic (exact) mass is 370 g/mol. The van der Waals surface area contributed by atoms with Gasteiger partial charge in [-0.05, 0) is 58.0 Å². The molecule has 4 nitrogen and oxygen atoms in total. The molecular weight excluding hydrogens is 340 g/mol. The smallest absolute Gasteiger partial charge is 0.297 e. The number of hydrogen-bond acceptors (Lipinski definition) is 4. The van der Waals surface area contributed by atoms with Gasteiger partial charge in [0.25, 0.3) is 10.1 Å². The minimum atomic E-state index is -3.79. The summed E-state index contributed by atoms with van der Waals surface area (Å²) in [6.45, 7) is 14.0. The van der Waals surface area contributed by atoms with Crippen LogP contribution in [-0.2, 0) is 18.7 Å². The fourth-order valence-corrected chi connectivity index (χ4v) is 5.06. The van der Waals surface area contributed by atoms with Gasteiger partial charge in [0.1, 0.15) is 0 Å². The van der Waals surface area contributed by atoms with Crippen molar-refractivity contribution in [2.45, 2.75) is 63.2 Å². The molecule has 136 valence electrons. The van der Waals surface area contributed by atoms with Gasteiger partial charge in [0.2, 0.25) is 0 Å². The Kier molecular flexibility index (Phi) is 7.40. The van der Waals surface area contributed by atoms with E-state index in [9.17, 15) is 8.42 Å². The average Bonchev–Trinajstić information content (AvgIpc) is 2.49. The lowest BCUT2D eigenvalue weighted by atomic mass is 9.96. The fourth-order valence-electron chi connectivity index (χ4n) is 2.48. The van der Waals surface area contributed by atoms with Gasteiger partial charge in [-0.25, -0.2) is 0 Å². The first-order chi connectivity index (χ1) is 11.0. The van der Waals surface area contributed by atoms with Crippen molar-refractivity contribution in [1.82, 2.24) is 0 Å². The SMILES string of the molecule is C=CCC[C@@](CC)(COS(=O)(=O)c1ccc(C)cc1)O[Si](C)(C)C. The van der Waals surface area contributed by atoms with Crippen molar-refractivity contribution in [3.63, 3.8) is 0 Å². The first-order valence-corrected chi connectivity index (χ1v) is 13.1. The molecule has 0 unspecified atom stereocenters. The Bertz CT molecular complexity index is 632. The van der Waals surface area contributed by atoms with Crippen LogP contribution >= 0.6 is 0 Å². The number of aryl methyl sites for hydroxylation is 1. The van der Waals surface area contributed by atoms with Gasteiger partial charge in [-0.15, -0.1) is 6.58 Å². The zero-order valence-corrected chi connectivity index (χ0v) is 17.3. The largest absolute Gasteiger partial charge is 0.410 e. The van der Waals surface area contributed by atoms with Gasteiger partial charge in [-0.1, -0.05) is 30.7 Å². The molecule has 1 rings (SSSR count). The molecule has 0 radical (unpaired) electrons. The third-order valence-electron chi connectivity index (χ3n) is 3.76. The summed E-state index contributed by atoms with van der Waals surface area (Å²) in [5.74, 6) is 0. The lowest BCUT2D eigenvalue weighted by molar-refractivity contribution is 0.00420. The molecule has 0 aromatic heterocycles. The summed E-state index contributed by atoms with van der Waals surface area (Å²) >= 11 is 0. The maximum absolute atomic E-state index is 12.5. The van der Waals surface area contributed by atoms with Crippen LogP contribution in [-0.4, -0.2) is 28.9 Å². The van der Waals surface area contributed by atoms with E-state index >= 15 is 0 Å². The van der Waals surface area contributed by atoms with Gasteiger partial charge in [-0.2, -0.15) is 8.42 Å².